The summed E-state index contributed by atoms with van der Waals surface area (Å²) in [5.41, 5.74) is 2.36. The number of halogens is 2. The first-order valence-corrected chi connectivity index (χ1v) is 8.59. The molecule has 0 amide bonds. The zero-order chi connectivity index (χ0) is 14.4. The van der Waals surface area contributed by atoms with E-state index < -0.39 is 0 Å². The van der Waals surface area contributed by atoms with E-state index in [9.17, 15) is 0 Å². The van der Waals surface area contributed by atoms with Gasteiger partial charge in [0.1, 0.15) is 0 Å². The fourth-order valence-electron chi connectivity index (χ4n) is 2.67. The van der Waals surface area contributed by atoms with Gasteiger partial charge >= 0.3 is 0 Å². The lowest BCUT2D eigenvalue weighted by atomic mass is 10.0. The number of benzene rings is 3. The van der Waals surface area contributed by atoms with Crippen LogP contribution in [0.3, 0.4) is 0 Å². The van der Waals surface area contributed by atoms with Gasteiger partial charge in [0, 0.05) is 30.2 Å². The van der Waals surface area contributed by atoms with Gasteiger partial charge in [-0.1, -0.05) is 60.1 Å². The molecule has 0 aliphatic heterocycles. The molecule has 0 aliphatic carbocycles. The van der Waals surface area contributed by atoms with E-state index in [1.165, 1.54) is 25.7 Å². The maximum absolute atomic E-state index is 6.25. The highest BCUT2D eigenvalue weighted by Crippen LogP contribution is 2.42. The van der Waals surface area contributed by atoms with Gasteiger partial charge in [-0.3, -0.25) is 0 Å². The molecule has 0 fully saturated rings. The average molecular weight is 374 g/mol. The van der Waals surface area contributed by atoms with Gasteiger partial charge in [-0.25, -0.2) is 0 Å². The zero-order valence-electron chi connectivity index (χ0n) is 10.9. The molecule has 4 rings (SSSR count). The summed E-state index contributed by atoms with van der Waals surface area (Å²) < 4.78 is 3.58. The van der Waals surface area contributed by atoms with Crippen molar-refractivity contribution < 1.29 is 0 Å². The molecule has 0 nitrogen and oxygen atoms in total. The largest absolute Gasteiger partial charge is 0.135 e. The molecule has 0 N–H and O–H groups in total. The molecule has 0 unspecified atom stereocenters. The maximum Gasteiger partial charge on any atom is 0.0554 e. The predicted molar refractivity (Wildman–Crippen MR) is 97.5 cm³/mol. The van der Waals surface area contributed by atoms with Crippen LogP contribution in [0.5, 0.6) is 0 Å². The number of hydrogen-bond acceptors (Lipinski definition) is 1. The van der Waals surface area contributed by atoms with Crippen LogP contribution in [-0.2, 0) is 0 Å². The Morgan fingerprint density at radius 3 is 2.38 bits per heavy atom. The van der Waals surface area contributed by atoms with Crippen molar-refractivity contribution >= 4 is 59.0 Å². The fraction of sp³-hybridized carbons (Fsp3) is 0. The highest BCUT2D eigenvalue weighted by molar-refractivity contribution is 9.10. The maximum atomic E-state index is 6.25. The molecule has 0 spiro atoms. The topological polar surface area (TPSA) is 0 Å². The Kier molecular flexibility index (Phi) is 3.26. The highest BCUT2D eigenvalue weighted by Gasteiger charge is 2.12. The van der Waals surface area contributed by atoms with E-state index in [4.69, 9.17) is 11.6 Å². The molecule has 0 saturated carbocycles. The lowest BCUT2D eigenvalue weighted by Gasteiger charge is -2.07. The van der Waals surface area contributed by atoms with Crippen molar-refractivity contribution in [1.82, 2.24) is 0 Å². The summed E-state index contributed by atoms with van der Waals surface area (Å²) in [7, 11) is 0. The van der Waals surface area contributed by atoms with Gasteiger partial charge in [0.25, 0.3) is 0 Å². The second-order valence-corrected chi connectivity index (χ2v) is 7.13. The SMILES string of the molecule is Clc1cccc(-c2cccc3c2sc2ccccc23)c1Br. The summed E-state index contributed by atoms with van der Waals surface area (Å²) in [6.45, 7) is 0. The Morgan fingerprint density at radius 1 is 0.762 bits per heavy atom. The molecule has 4 aromatic rings. The predicted octanol–water partition coefficient (Wildman–Crippen LogP) is 7.14. The van der Waals surface area contributed by atoms with Crippen LogP contribution >= 0.6 is 38.9 Å². The third kappa shape index (κ3) is 2.10. The summed E-state index contributed by atoms with van der Waals surface area (Å²) in [6.07, 6.45) is 0. The van der Waals surface area contributed by atoms with Gasteiger partial charge in [0.05, 0.1) is 5.02 Å². The summed E-state index contributed by atoms with van der Waals surface area (Å²) in [6, 6.07) is 21.0. The summed E-state index contributed by atoms with van der Waals surface area (Å²) >= 11 is 11.7. The first-order chi connectivity index (χ1) is 10.3. The Bertz CT molecular complexity index is 971. The van der Waals surface area contributed by atoms with Crippen molar-refractivity contribution in [3.05, 3.63) is 70.2 Å². The Morgan fingerprint density at radius 2 is 1.48 bits per heavy atom. The van der Waals surface area contributed by atoms with Crippen LogP contribution in [0.2, 0.25) is 5.02 Å². The third-order valence-electron chi connectivity index (χ3n) is 3.65. The van der Waals surface area contributed by atoms with E-state index in [1.54, 1.807) is 0 Å². The van der Waals surface area contributed by atoms with Gasteiger partial charge < -0.3 is 0 Å². The molecule has 21 heavy (non-hydrogen) atoms. The van der Waals surface area contributed by atoms with Gasteiger partial charge in [-0.15, -0.1) is 11.3 Å². The Labute approximate surface area is 140 Å². The number of thiophene rings is 1. The van der Waals surface area contributed by atoms with Crippen LogP contribution < -0.4 is 0 Å². The van der Waals surface area contributed by atoms with E-state index >= 15 is 0 Å². The van der Waals surface area contributed by atoms with Crippen LogP contribution in [0.15, 0.2) is 65.1 Å². The Hall–Kier alpha value is -1.35. The van der Waals surface area contributed by atoms with E-state index in [0.29, 0.717) is 0 Å². The molecule has 0 bridgehead atoms. The molecule has 0 radical (unpaired) electrons. The van der Waals surface area contributed by atoms with Crippen LogP contribution in [0, 0.1) is 0 Å². The first-order valence-electron chi connectivity index (χ1n) is 6.60. The van der Waals surface area contributed by atoms with Crippen molar-refractivity contribution in [2.45, 2.75) is 0 Å². The molecular formula is C18H10BrClS. The lowest BCUT2D eigenvalue weighted by Crippen LogP contribution is -1.81. The van der Waals surface area contributed by atoms with E-state index in [2.05, 4.69) is 64.5 Å². The monoisotopic (exact) mass is 372 g/mol. The quantitative estimate of drug-likeness (QED) is 0.332. The third-order valence-corrected chi connectivity index (χ3v) is 6.26. The zero-order valence-corrected chi connectivity index (χ0v) is 14.1. The average Bonchev–Trinajstić information content (AvgIpc) is 2.89. The van der Waals surface area contributed by atoms with E-state index in [1.807, 2.05) is 23.5 Å². The van der Waals surface area contributed by atoms with Gasteiger partial charge in [-0.2, -0.15) is 0 Å². The molecule has 3 heteroatoms. The number of rotatable bonds is 1. The van der Waals surface area contributed by atoms with Crippen molar-refractivity contribution in [3.63, 3.8) is 0 Å². The Balaban J connectivity index is 2.12. The van der Waals surface area contributed by atoms with Crippen LogP contribution in [-0.4, -0.2) is 0 Å². The standard InChI is InChI=1S/C18H10BrClS/c19-17-12(6-4-9-15(17)20)14-8-3-7-13-11-5-1-2-10-16(11)21-18(13)14/h1-10H. The highest BCUT2D eigenvalue weighted by atomic mass is 79.9. The van der Waals surface area contributed by atoms with Crippen LogP contribution in [0.1, 0.15) is 0 Å². The number of fused-ring (bicyclic) bond motifs is 3. The lowest BCUT2D eigenvalue weighted by molar-refractivity contribution is 1.62. The molecular weight excluding hydrogens is 364 g/mol. The molecule has 1 heterocycles. The van der Waals surface area contributed by atoms with Crippen molar-refractivity contribution in [2.24, 2.45) is 0 Å². The normalized spacial score (nSPS) is 11.3. The summed E-state index contributed by atoms with van der Waals surface area (Å²) in [5, 5.41) is 3.36. The van der Waals surface area contributed by atoms with Crippen molar-refractivity contribution in [2.75, 3.05) is 0 Å². The second-order valence-electron chi connectivity index (χ2n) is 4.88. The van der Waals surface area contributed by atoms with E-state index in [-0.39, 0.29) is 0 Å². The van der Waals surface area contributed by atoms with Crippen molar-refractivity contribution in [1.29, 1.82) is 0 Å². The van der Waals surface area contributed by atoms with Crippen LogP contribution in [0.4, 0.5) is 0 Å². The van der Waals surface area contributed by atoms with Crippen LogP contribution in [0.25, 0.3) is 31.3 Å². The molecule has 102 valence electrons. The molecule has 1 aromatic heterocycles. The first kappa shape index (κ1) is 13.3. The number of hydrogen-bond donors (Lipinski definition) is 0. The van der Waals surface area contributed by atoms with Crippen molar-refractivity contribution in [3.8, 4) is 11.1 Å². The minimum absolute atomic E-state index is 0.741. The van der Waals surface area contributed by atoms with Gasteiger partial charge in [0.2, 0.25) is 0 Å². The van der Waals surface area contributed by atoms with E-state index in [0.717, 1.165) is 15.1 Å². The van der Waals surface area contributed by atoms with Gasteiger partial charge in [-0.05, 0) is 33.6 Å². The molecule has 3 aromatic carbocycles. The molecule has 0 aliphatic rings. The minimum Gasteiger partial charge on any atom is -0.135 e. The van der Waals surface area contributed by atoms with Gasteiger partial charge in [0.15, 0.2) is 0 Å². The second kappa shape index (κ2) is 5.13. The minimum atomic E-state index is 0.741. The summed E-state index contributed by atoms with van der Waals surface area (Å²) in [5.74, 6) is 0. The molecule has 0 atom stereocenters. The smallest absolute Gasteiger partial charge is 0.0554 e. The summed E-state index contributed by atoms with van der Waals surface area (Å²) in [4.78, 5) is 0. The molecule has 0 saturated heterocycles. The fourth-order valence-corrected chi connectivity index (χ4v) is 4.55.